The fourth-order valence-corrected chi connectivity index (χ4v) is 5.61. The number of hydrogen-bond donors (Lipinski definition) is 6. The third-order valence-electron chi connectivity index (χ3n) is 8.05. The van der Waals surface area contributed by atoms with Crippen molar-refractivity contribution in [3.05, 3.63) is 118 Å². The first-order valence-electron chi connectivity index (χ1n) is 16.5. The van der Waals surface area contributed by atoms with Gasteiger partial charge in [0.25, 0.3) is 5.91 Å². The molecule has 4 aromatic rings. The number of carbonyl (C=O) groups excluding carboxylic acids is 2. The number of aromatic nitrogens is 2. The molecule has 0 saturated carbocycles. The van der Waals surface area contributed by atoms with E-state index >= 15 is 0 Å². The first-order valence-corrected chi connectivity index (χ1v) is 16.9. The van der Waals surface area contributed by atoms with Crippen molar-refractivity contribution in [1.29, 1.82) is 10.9 Å². The summed E-state index contributed by atoms with van der Waals surface area (Å²) >= 11 is 6.68. The molecule has 13 nitrogen and oxygen atoms in total. The number of benzene rings is 3. The van der Waals surface area contributed by atoms with Crippen molar-refractivity contribution < 1.29 is 19.1 Å². The Balaban J connectivity index is 1.54. The number of allylic oxidation sites excluding steroid dienone is 2. The number of methoxy groups -OCH3 is 1. The highest BCUT2D eigenvalue weighted by Gasteiger charge is 2.25. The third kappa shape index (κ3) is 10.7. The molecule has 1 atom stereocenters. The smallest absolute Gasteiger partial charge is 0.270 e. The van der Waals surface area contributed by atoms with Gasteiger partial charge in [-0.2, -0.15) is 10.2 Å². The van der Waals surface area contributed by atoms with E-state index in [0.29, 0.717) is 71.0 Å². The van der Waals surface area contributed by atoms with Gasteiger partial charge in [0.15, 0.2) is 0 Å². The molecule has 3 aromatic carbocycles. The first kappa shape index (κ1) is 39.2. The Hall–Kier alpha value is -5.63. The van der Waals surface area contributed by atoms with Crippen LogP contribution in [0.2, 0.25) is 5.02 Å². The number of aryl methyl sites for hydroxylation is 1. The fraction of sp³-hybridized carbons (Fsp3) is 0.263. The number of rotatable bonds is 18. The van der Waals surface area contributed by atoms with Crippen LogP contribution >= 0.6 is 11.6 Å². The van der Waals surface area contributed by atoms with Crippen LogP contribution in [0.4, 0.5) is 5.69 Å². The van der Waals surface area contributed by atoms with Gasteiger partial charge in [-0.25, -0.2) is 5.53 Å². The number of nitrogens with zero attached hydrogens (tertiary/aromatic N) is 3. The number of nitrogens with one attached hydrogen (secondary N) is 5. The van der Waals surface area contributed by atoms with Crippen molar-refractivity contribution in [2.45, 2.75) is 26.3 Å². The first-order chi connectivity index (χ1) is 25.0. The van der Waals surface area contributed by atoms with E-state index in [4.69, 9.17) is 37.7 Å². The van der Waals surface area contributed by atoms with Gasteiger partial charge in [0.05, 0.1) is 19.8 Å². The molecule has 7 N–H and O–H groups in total. The van der Waals surface area contributed by atoms with E-state index in [1.165, 1.54) is 10.9 Å². The maximum absolute atomic E-state index is 13.8. The normalized spacial score (nSPS) is 12.4. The summed E-state index contributed by atoms with van der Waals surface area (Å²) in [6, 6.07) is 20.7. The van der Waals surface area contributed by atoms with Crippen LogP contribution in [0.1, 0.15) is 41.0 Å². The lowest BCUT2D eigenvalue weighted by Gasteiger charge is -2.20. The summed E-state index contributed by atoms with van der Waals surface area (Å²) in [4.78, 5) is 27.1. The predicted molar refractivity (Wildman–Crippen MR) is 204 cm³/mol. The molecule has 0 aliphatic heterocycles. The van der Waals surface area contributed by atoms with Crippen LogP contribution in [0.15, 0.2) is 96.0 Å². The molecule has 0 aliphatic carbocycles. The average molecular weight is 726 g/mol. The molecule has 52 heavy (non-hydrogen) atoms. The summed E-state index contributed by atoms with van der Waals surface area (Å²) in [6.07, 6.45) is 3.27. The lowest BCUT2D eigenvalue weighted by atomic mass is 9.97. The highest BCUT2D eigenvalue weighted by atomic mass is 35.5. The molecule has 1 heterocycles. The maximum atomic E-state index is 13.8. The molecule has 1 aromatic heterocycles. The summed E-state index contributed by atoms with van der Waals surface area (Å²) in [6.45, 7) is 5.49. The Labute approximate surface area is 308 Å². The second-order valence-corrected chi connectivity index (χ2v) is 12.3. The zero-order valence-electron chi connectivity index (χ0n) is 29.6. The van der Waals surface area contributed by atoms with E-state index in [9.17, 15) is 9.59 Å². The van der Waals surface area contributed by atoms with Gasteiger partial charge in [-0.05, 0) is 66.4 Å². The molecule has 2 amide bonds. The van der Waals surface area contributed by atoms with Crippen molar-refractivity contribution in [2.24, 2.45) is 17.9 Å². The van der Waals surface area contributed by atoms with Crippen LogP contribution in [-0.2, 0) is 27.7 Å². The number of anilines is 1. The van der Waals surface area contributed by atoms with Crippen molar-refractivity contribution in [3.63, 3.8) is 0 Å². The van der Waals surface area contributed by atoms with E-state index in [1.54, 1.807) is 70.6 Å². The number of nitrogens with two attached hydrogens (primary N) is 1. The van der Waals surface area contributed by atoms with Crippen LogP contribution < -0.4 is 21.7 Å². The zero-order chi connectivity index (χ0) is 37.6. The third-order valence-corrected chi connectivity index (χ3v) is 8.42. The van der Waals surface area contributed by atoms with Crippen LogP contribution in [0.25, 0.3) is 22.4 Å². The average Bonchev–Trinajstić information content (AvgIpc) is 3.56. The molecule has 272 valence electrons. The Kier molecular flexibility index (Phi) is 14.4. The highest BCUT2D eigenvalue weighted by molar-refractivity contribution is 6.31. The van der Waals surface area contributed by atoms with Gasteiger partial charge in [-0.15, -0.1) is 0 Å². The van der Waals surface area contributed by atoms with Gasteiger partial charge in [0, 0.05) is 72.8 Å². The Bertz CT molecular complexity index is 1930. The standard InChI is InChI=1S/C38H44ClN9O4/c1-24(40)36(25(2)41)28-9-12-31(13-10-28)45-37(49)33(46-38(50)35-15-16-44-48(35)3)22-30-21-29(11-14-32(30)39)26-5-7-27(8-6-26)34(47-42)23-43-17-18-52-20-19-51-4/h5-16,21,23,33,40,42-43H,17-20,22,41H2,1-4H3,(H,45,49)(H,46,50)/b34-23-,36-25+,40-24?,47-42?. The summed E-state index contributed by atoms with van der Waals surface area (Å²) in [5.41, 5.74) is 20.3. The van der Waals surface area contributed by atoms with Gasteiger partial charge >= 0.3 is 0 Å². The molecule has 0 fully saturated rings. The molecule has 0 radical (unpaired) electrons. The fourth-order valence-electron chi connectivity index (χ4n) is 5.42. The van der Waals surface area contributed by atoms with Gasteiger partial charge in [-0.1, -0.05) is 54.1 Å². The van der Waals surface area contributed by atoms with Gasteiger partial charge < -0.3 is 36.6 Å². The van der Waals surface area contributed by atoms with E-state index < -0.39 is 17.9 Å². The summed E-state index contributed by atoms with van der Waals surface area (Å²) < 4.78 is 11.8. The summed E-state index contributed by atoms with van der Waals surface area (Å²) in [7, 11) is 3.27. The SMILES string of the molecule is COCCOCCN/C=C(\N=N)c1ccc(-c2ccc(Cl)c(CC(NC(=O)c3ccnn3C)C(=O)Nc3ccc(/C(C(C)=N)=C(\C)N)cc3)c2)cc1. The minimum absolute atomic E-state index is 0.0932. The number of carbonyl (C=O) groups is 2. The van der Waals surface area contributed by atoms with E-state index in [2.05, 4.69) is 26.2 Å². The molecular formula is C38H44ClN9O4. The maximum Gasteiger partial charge on any atom is 0.270 e. The molecule has 14 heteroatoms. The molecule has 1 unspecified atom stereocenters. The lowest BCUT2D eigenvalue weighted by molar-refractivity contribution is -0.118. The summed E-state index contributed by atoms with van der Waals surface area (Å²) in [5.74, 6) is -0.915. The van der Waals surface area contributed by atoms with Crippen LogP contribution in [-0.4, -0.2) is 66.8 Å². The minimum atomic E-state index is -1.01. The van der Waals surface area contributed by atoms with Crippen molar-refractivity contribution in [1.82, 2.24) is 20.4 Å². The largest absolute Gasteiger partial charge is 0.402 e. The molecule has 0 aliphatic rings. The second kappa shape index (κ2) is 19.1. The van der Waals surface area contributed by atoms with Crippen LogP contribution in [0, 0.1) is 10.9 Å². The lowest BCUT2D eigenvalue weighted by Crippen LogP contribution is -2.45. The predicted octanol–water partition coefficient (Wildman–Crippen LogP) is 6.03. The molecule has 0 bridgehead atoms. The Morgan fingerprint density at radius 2 is 1.69 bits per heavy atom. The monoisotopic (exact) mass is 725 g/mol. The molecule has 0 saturated heterocycles. The summed E-state index contributed by atoms with van der Waals surface area (Å²) in [5, 5.41) is 25.1. The number of ether oxygens (including phenoxy) is 2. The Morgan fingerprint density at radius 3 is 2.31 bits per heavy atom. The van der Waals surface area contributed by atoms with Crippen LogP contribution in [0.3, 0.4) is 0 Å². The number of hydrogen-bond acceptors (Lipinski definition) is 10. The minimum Gasteiger partial charge on any atom is -0.402 e. The van der Waals surface area contributed by atoms with Crippen molar-refractivity contribution in [3.8, 4) is 11.1 Å². The zero-order valence-corrected chi connectivity index (χ0v) is 30.4. The topological polar surface area (TPSA) is 193 Å². The molecular weight excluding hydrogens is 682 g/mol. The van der Waals surface area contributed by atoms with Crippen molar-refractivity contribution >= 4 is 46.1 Å². The number of halogens is 1. The number of amides is 2. The van der Waals surface area contributed by atoms with E-state index in [1.807, 2.05) is 36.4 Å². The molecule has 4 rings (SSSR count). The molecule has 0 spiro atoms. The van der Waals surface area contributed by atoms with E-state index in [-0.39, 0.29) is 6.42 Å². The van der Waals surface area contributed by atoms with E-state index in [0.717, 1.165) is 22.3 Å². The highest BCUT2D eigenvalue weighted by Crippen LogP contribution is 2.28. The Morgan fingerprint density at radius 1 is 1.00 bits per heavy atom. The van der Waals surface area contributed by atoms with Gasteiger partial charge in [0.2, 0.25) is 5.91 Å². The second-order valence-electron chi connectivity index (χ2n) is 11.9. The van der Waals surface area contributed by atoms with Gasteiger partial charge in [-0.3, -0.25) is 14.3 Å². The van der Waals surface area contributed by atoms with Crippen molar-refractivity contribution in [2.75, 3.05) is 38.8 Å². The van der Waals surface area contributed by atoms with Gasteiger partial charge in [0.1, 0.15) is 17.4 Å². The van der Waals surface area contributed by atoms with Crippen LogP contribution in [0.5, 0.6) is 0 Å². The quantitative estimate of drug-likeness (QED) is 0.0409.